The van der Waals surface area contributed by atoms with Crippen molar-refractivity contribution in [3.63, 3.8) is 0 Å². The van der Waals surface area contributed by atoms with Gasteiger partial charge in [-0.05, 0) is 56.8 Å². The first-order valence-electron chi connectivity index (χ1n) is 7.76. The number of rotatable bonds is 5. The van der Waals surface area contributed by atoms with Gasteiger partial charge in [0.05, 0.1) is 6.04 Å². The molecule has 0 aliphatic carbocycles. The van der Waals surface area contributed by atoms with Gasteiger partial charge in [0.15, 0.2) is 0 Å². The lowest BCUT2D eigenvalue weighted by atomic mass is 9.93. The third kappa shape index (κ3) is 3.38. The Hall–Kier alpha value is -1.54. The first-order chi connectivity index (χ1) is 9.93. The van der Waals surface area contributed by atoms with Gasteiger partial charge in [-0.25, -0.2) is 0 Å². The van der Waals surface area contributed by atoms with Crippen LogP contribution in [-0.4, -0.2) is 7.05 Å². The molecule has 1 heterocycles. The summed E-state index contributed by atoms with van der Waals surface area (Å²) in [6, 6.07) is 9.16. The molecule has 0 spiro atoms. The molecule has 1 unspecified atom stereocenters. The van der Waals surface area contributed by atoms with E-state index in [-0.39, 0.29) is 6.04 Å². The summed E-state index contributed by atoms with van der Waals surface area (Å²) in [7, 11) is 2.01. The van der Waals surface area contributed by atoms with Crippen molar-refractivity contribution in [2.24, 2.45) is 5.92 Å². The van der Waals surface area contributed by atoms with Crippen molar-refractivity contribution in [2.45, 2.75) is 47.1 Å². The standard InChI is InChI=1S/C19H27NO/c1-12(2)11-16-7-9-17(10-8-16)19(20-6)18-13(3)14(4)21-15(18)5/h7-10,12,19-20H,11H2,1-6H3. The number of hydrogen-bond acceptors (Lipinski definition) is 2. The summed E-state index contributed by atoms with van der Waals surface area (Å²) in [5.74, 6) is 2.71. The molecule has 1 atom stereocenters. The highest BCUT2D eigenvalue weighted by Gasteiger charge is 2.21. The molecule has 1 aromatic carbocycles. The van der Waals surface area contributed by atoms with Gasteiger partial charge in [-0.2, -0.15) is 0 Å². The number of nitrogens with one attached hydrogen (secondary N) is 1. The van der Waals surface area contributed by atoms with Gasteiger partial charge in [-0.1, -0.05) is 38.1 Å². The van der Waals surface area contributed by atoms with Crippen molar-refractivity contribution in [2.75, 3.05) is 7.05 Å². The Balaban J connectivity index is 2.33. The second kappa shape index (κ2) is 6.48. The van der Waals surface area contributed by atoms with Gasteiger partial charge >= 0.3 is 0 Å². The zero-order valence-electron chi connectivity index (χ0n) is 14.1. The highest BCUT2D eigenvalue weighted by atomic mass is 16.3. The molecule has 0 amide bonds. The molecule has 1 N–H and O–H groups in total. The Labute approximate surface area is 128 Å². The lowest BCUT2D eigenvalue weighted by Crippen LogP contribution is -2.19. The van der Waals surface area contributed by atoms with Crippen LogP contribution in [0.2, 0.25) is 0 Å². The highest BCUT2D eigenvalue weighted by molar-refractivity contribution is 5.41. The number of benzene rings is 1. The average Bonchev–Trinajstić information content (AvgIpc) is 2.67. The van der Waals surface area contributed by atoms with Crippen LogP contribution in [0, 0.1) is 26.7 Å². The first-order valence-corrected chi connectivity index (χ1v) is 7.76. The molecule has 1 aromatic heterocycles. The van der Waals surface area contributed by atoms with E-state index in [0.29, 0.717) is 5.92 Å². The van der Waals surface area contributed by atoms with Crippen molar-refractivity contribution in [3.05, 3.63) is 58.0 Å². The highest BCUT2D eigenvalue weighted by Crippen LogP contribution is 2.31. The smallest absolute Gasteiger partial charge is 0.106 e. The van der Waals surface area contributed by atoms with Gasteiger partial charge < -0.3 is 9.73 Å². The fourth-order valence-electron chi connectivity index (χ4n) is 3.03. The first kappa shape index (κ1) is 15.8. The van der Waals surface area contributed by atoms with Gasteiger partial charge in [0, 0.05) is 5.56 Å². The summed E-state index contributed by atoms with van der Waals surface area (Å²) in [4.78, 5) is 0. The number of furan rings is 1. The maximum absolute atomic E-state index is 5.79. The van der Waals surface area contributed by atoms with E-state index in [2.05, 4.69) is 50.4 Å². The molecule has 0 bridgehead atoms. The Morgan fingerprint density at radius 3 is 2.05 bits per heavy atom. The molecule has 0 fully saturated rings. The van der Waals surface area contributed by atoms with E-state index < -0.39 is 0 Å². The monoisotopic (exact) mass is 285 g/mol. The summed E-state index contributed by atoms with van der Waals surface area (Å²) < 4.78 is 5.79. The summed E-state index contributed by atoms with van der Waals surface area (Å²) >= 11 is 0. The summed E-state index contributed by atoms with van der Waals surface area (Å²) in [5, 5.41) is 3.43. The van der Waals surface area contributed by atoms with Crippen molar-refractivity contribution in [1.29, 1.82) is 0 Å². The van der Waals surface area contributed by atoms with E-state index in [1.165, 1.54) is 22.3 Å². The third-order valence-electron chi connectivity index (χ3n) is 4.15. The lowest BCUT2D eigenvalue weighted by Gasteiger charge is -2.18. The fourth-order valence-corrected chi connectivity index (χ4v) is 3.03. The summed E-state index contributed by atoms with van der Waals surface area (Å²) in [5.41, 5.74) is 5.21. The minimum Gasteiger partial charge on any atom is -0.466 e. The van der Waals surface area contributed by atoms with Crippen LogP contribution in [-0.2, 0) is 6.42 Å². The zero-order valence-corrected chi connectivity index (χ0v) is 14.1. The summed E-state index contributed by atoms with van der Waals surface area (Å²) in [6.07, 6.45) is 1.13. The van der Waals surface area contributed by atoms with Crippen LogP contribution in [0.3, 0.4) is 0 Å². The van der Waals surface area contributed by atoms with Gasteiger partial charge in [0.25, 0.3) is 0 Å². The predicted octanol–water partition coefficient (Wildman–Crippen LogP) is 4.71. The second-order valence-electron chi connectivity index (χ2n) is 6.31. The molecule has 0 radical (unpaired) electrons. The Morgan fingerprint density at radius 1 is 1.00 bits per heavy atom. The van der Waals surface area contributed by atoms with Crippen LogP contribution < -0.4 is 5.32 Å². The van der Waals surface area contributed by atoms with Gasteiger partial charge in [-0.15, -0.1) is 0 Å². The summed E-state index contributed by atoms with van der Waals surface area (Å²) in [6.45, 7) is 10.7. The van der Waals surface area contributed by atoms with Crippen molar-refractivity contribution in [1.82, 2.24) is 5.32 Å². The topological polar surface area (TPSA) is 25.2 Å². The van der Waals surface area contributed by atoms with Crippen LogP contribution in [0.15, 0.2) is 28.7 Å². The average molecular weight is 285 g/mol. The minimum absolute atomic E-state index is 0.190. The van der Waals surface area contributed by atoms with E-state index in [0.717, 1.165) is 17.9 Å². The van der Waals surface area contributed by atoms with E-state index in [1.54, 1.807) is 0 Å². The van der Waals surface area contributed by atoms with Crippen LogP contribution in [0.25, 0.3) is 0 Å². The van der Waals surface area contributed by atoms with Crippen molar-refractivity contribution < 1.29 is 4.42 Å². The quantitative estimate of drug-likeness (QED) is 0.860. The molecule has 0 aliphatic heterocycles. The van der Waals surface area contributed by atoms with Crippen LogP contribution in [0.5, 0.6) is 0 Å². The van der Waals surface area contributed by atoms with Crippen molar-refractivity contribution >= 4 is 0 Å². The van der Waals surface area contributed by atoms with E-state index in [9.17, 15) is 0 Å². The Kier molecular flexibility index (Phi) is 4.89. The molecule has 2 rings (SSSR count). The van der Waals surface area contributed by atoms with Crippen LogP contribution in [0.4, 0.5) is 0 Å². The predicted molar refractivity (Wildman–Crippen MR) is 88.8 cm³/mol. The molecule has 114 valence electrons. The Morgan fingerprint density at radius 2 is 1.62 bits per heavy atom. The number of aryl methyl sites for hydroxylation is 2. The largest absolute Gasteiger partial charge is 0.466 e. The van der Waals surface area contributed by atoms with Crippen LogP contribution in [0.1, 0.15) is 53.7 Å². The van der Waals surface area contributed by atoms with E-state index in [1.807, 2.05) is 20.9 Å². The maximum atomic E-state index is 5.79. The molecule has 0 saturated carbocycles. The lowest BCUT2D eigenvalue weighted by molar-refractivity contribution is 0.495. The fraction of sp³-hybridized carbons (Fsp3) is 0.474. The maximum Gasteiger partial charge on any atom is 0.106 e. The zero-order chi connectivity index (χ0) is 15.6. The van der Waals surface area contributed by atoms with Crippen molar-refractivity contribution in [3.8, 4) is 0 Å². The van der Waals surface area contributed by atoms with Crippen LogP contribution >= 0.6 is 0 Å². The third-order valence-corrected chi connectivity index (χ3v) is 4.15. The Bertz CT molecular complexity index is 593. The molecule has 2 aromatic rings. The molecular formula is C19H27NO. The van der Waals surface area contributed by atoms with Gasteiger partial charge in [0.2, 0.25) is 0 Å². The van der Waals surface area contributed by atoms with E-state index >= 15 is 0 Å². The molecule has 21 heavy (non-hydrogen) atoms. The second-order valence-corrected chi connectivity index (χ2v) is 6.31. The molecule has 0 aliphatic rings. The minimum atomic E-state index is 0.190. The SMILES string of the molecule is CNC(c1ccc(CC(C)C)cc1)c1c(C)oc(C)c1C. The number of hydrogen-bond donors (Lipinski definition) is 1. The van der Waals surface area contributed by atoms with Gasteiger partial charge in [-0.3, -0.25) is 0 Å². The normalized spacial score (nSPS) is 12.9. The van der Waals surface area contributed by atoms with E-state index in [4.69, 9.17) is 4.42 Å². The molecule has 2 nitrogen and oxygen atoms in total. The molecule has 0 saturated heterocycles. The molecule has 2 heteroatoms. The molecular weight excluding hydrogens is 258 g/mol. The van der Waals surface area contributed by atoms with Gasteiger partial charge in [0.1, 0.15) is 11.5 Å².